The maximum atomic E-state index is 15.9. The molecule has 2 rings (SSSR count). The third-order valence-corrected chi connectivity index (χ3v) is 5.41. The van der Waals surface area contributed by atoms with E-state index in [1.165, 1.54) is 6.20 Å². The number of allylic oxidation sites excluding steroid dienone is 2. The van der Waals surface area contributed by atoms with Gasteiger partial charge in [-0.1, -0.05) is 44.5 Å². The van der Waals surface area contributed by atoms with Crippen molar-refractivity contribution in [2.75, 3.05) is 30.3 Å². The zero-order valence-electron chi connectivity index (χ0n) is 14.8. The van der Waals surface area contributed by atoms with Crippen LogP contribution in [0.5, 0.6) is 0 Å². The van der Waals surface area contributed by atoms with Gasteiger partial charge >= 0.3 is 0 Å². The van der Waals surface area contributed by atoms with Crippen LogP contribution in [0.3, 0.4) is 0 Å². The van der Waals surface area contributed by atoms with Crippen LogP contribution in [0.4, 0.5) is 16.2 Å². The topological polar surface area (TPSA) is 81.1 Å². The number of hydrogen-bond acceptors (Lipinski definition) is 5. The second-order valence-electron chi connectivity index (χ2n) is 7.28. The molecule has 0 bridgehead atoms. The Balaban J connectivity index is 2.42. The van der Waals surface area contributed by atoms with Crippen molar-refractivity contribution in [3.63, 3.8) is 0 Å². The summed E-state index contributed by atoms with van der Waals surface area (Å²) in [6.07, 6.45) is 4.94. The molecule has 134 valence electrons. The molecule has 0 spiro atoms. The predicted octanol–water partition coefficient (Wildman–Crippen LogP) is 3.05. The number of nitrogens with zero attached hydrogens (tertiary/aromatic N) is 3. The van der Waals surface area contributed by atoms with Crippen LogP contribution >= 0.6 is 11.6 Å². The summed E-state index contributed by atoms with van der Waals surface area (Å²) in [4.78, 5) is 10.5. The maximum absolute atomic E-state index is 15.9. The number of alkyl halides is 1. The fourth-order valence-electron chi connectivity index (χ4n) is 3.46. The first-order valence-corrected chi connectivity index (χ1v) is 8.59. The summed E-state index contributed by atoms with van der Waals surface area (Å²) < 4.78 is 15.9. The molecule has 1 aromatic heterocycles. The van der Waals surface area contributed by atoms with Crippen LogP contribution in [0.2, 0.25) is 5.02 Å². The van der Waals surface area contributed by atoms with Crippen LogP contribution in [-0.2, 0) is 0 Å². The number of piperidine rings is 1. The predicted molar refractivity (Wildman–Crippen MR) is 97.8 cm³/mol. The van der Waals surface area contributed by atoms with E-state index in [-0.39, 0.29) is 23.1 Å². The molecule has 5 nitrogen and oxygen atoms in total. The Hall–Kier alpha value is -1.40. The van der Waals surface area contributed by atoms with Crippen LogP contribution in [0.1, 0.15) is 27.7 Å². The summed E-state index contributed by atoms with van der Waals surface area (Å²) in [6.45, 7) is 9.12. The highest BCUT2D eigenvalue weighted by atomic mass is 35.5. The fourth-order valence-corrected chi connectivity index (χ4v) is 3.55. The number of rotatable bonds is 4. The third kappa shape index (κ3) is 3.35. The van der Waals surface area contributed by atoms with Gasteiger partial charge in [0.15, 0.2) is 0 Å². The van der Waals surface area contributed by atoms with Crippen LogP contribution < -0.4 is 16.4 Å². The molecule has 4 N–H and O–H groups in total. The summed E-state index contributed by atoms with van der Waals surface area (Å²) in [6, 6.07) is 0. The highest BCUT2D eigenvalue weighted by molar-refractivity contribution is 6.32. The lowest BCUT2D eigenvalue weighted by Gasteiger charge is -2.51. The van der Waals surface area contributed by atoms with Crippen molar-refractivity contribution in [1.29, 1.82) is 0 Å². The Kier molecular flexibility index (Phi) is 5.40. The van der Waals surface area contributed by atoms with E-state index in [0.717, 1.165) is 0 Å². The standard InChI is InChI=1S/C17H27ClFN5/c1-5-6-17(19)11(2)8-24(9-13(17)16(3,4)10-20)15-22-7-12(18)14(21)23-15/h5-7,11,13H,8-10,20H2,1-4H3,(H2,21,22,23)/b6-5+. The van der Waals surface area contributed by atoms with E-state index in [4.69, 9.17) is 23.1 Å². The van der Waals surface area contributed by atoms with Crippen molar-refractivity contribution >= 4 is 23.4 Å². The molecule has 1 fully saturated rings. The van der Waals surface area contributed by atoms with E-state index in [2.05, 4.69) is 9.97 Å². The molecule has 0 aliphatic carbocycles. The van der Waals surface area contributed by atoms with Gasteiger partial charge in [0.2, 0.25) is 5.95 Å². The van der Waals surface area contributed by atoms with Crippen molar-refractivity contribution < 1.29 is 4.39 Å². The van der Waals surface area contributed by atoms with Crippen LogP contribution in [-0.4, -0.2) is 35.3 Å². The average Bonchev–Trinajstić information content (AvgIpc) is 2.52. The molecule has 1 aliphatic rings. The van der Waals surface area contributed by atoms with E-state index < -0.39 is 5.67 Å². The highest BCUT2D eigenvalue weighted by Crippen LogP contribution is 2.46. The van der Waals surface area contributed by atoms with Gasteiger partial charge in [-0.3, -0.25) is 0 Å². The number of hydrogen-bond donors (Lipinski definition) is 2. The molecule has 1 aromatic rings. The van der Waals surface area contributed by atoms with Gasteiger partial charge in [0.1, 0.15) is 16.5 Å². The Bertz CT molecular complexity index is 621. The summed E-state index contributed by atoms with van der Waals surface area (Å²) in [5.41, 5.74) is 9.94. The smallest absolute Gasteiger partial charge is 0.227 e. The Labute approximate surface area is 148 Å². The van der Waals surface area contributed by atoms with Gasteiger partial charge in [0.05, 0.1) is 6.20 Å². The molecule has 24 heavy (non-hydrogen) atoms. The summed E-state index contributed by atoms with van der Waals surface area (Å²) in [5.74, 6) is 0.174. The number of nitrogen functional groups attached to an aromatic ring is 1. The molecule has 3 atom stereocenters. The SMILES string of the molecule is C/C=C/C1(F)C(C)CN(c2ncc(Cl)c(N)n2)CC1C(C)(C)CN. The monoisotopic (exact) mass is 355 g/mol. The van der Waals surface area contributed by atoms with Crippen LogP contribution in [0, 0.1) is 17.3 Å². The van der Waals surface area contributed by atoms with Gasteiger partial charge in [0, 0.05) is 24.9 Å². The van der Waals surface area contributed by atoms with E-state index in [1.54, 1.807) is 12.2 Å². The van der Waals surface area contributed by atoms with E-state index in [0.29, 0.717) is 30.6 Å². The zero-order valence-corrected chi connectivity index (χ0v) is 15.5. The van der Waals surface area contributed by atoms with Crippen molar-refractivity contribution in [3.8, 4) is 0 Å². The Morgan fingerprint density at radius 3 is 2.71 bits per heavy atom. The minimum absolute atomic E-state index is 0.231. The van der Waals surface area contributed by atoms with Gasteiger partial charge < -0.3 is 16.4 Å². The minimum atomic E-state index is -1.42. The van der Waals surface area contributed by atoms with Crippen molar-refractivity contribution in [1.82, 2.24) is 9.97 Å². The first-order valence-electron chi connectivity index (χ1n) is 8.21. The molecule has 0 radical (unpaired) electrons. The third-order valence-electron chi connectivity index (χ3n) is 5.12. The molecular formula is C17H27ClFN5. The molecule has 0 amide bonds. The van der Waals surface area contributed by atoms with Crippen LogP contribution in [0.25, 0.3) is 0 Å². The molecular weight excluding hydrogens is 329 g/mol. The summed E-state index contributed by atoms with van der Waals surface area (Å²) >= 11 is 5.90. The lowest BCUT2D eigenvalue weighted by molar-refractivity contribution is -0.00710. The fraction of sp³-hybridized carbons (Fsp3) is 0.647. The van der Waals surface area contributed by atoms with E-state index in [1.807, 2.05) is 32.6 Å². The van der Waals surface area contributed by atoms with Gasteiger partial charge in [-0.05, 0) is 18.9 Å². The average molecular weight is 356 g/mol. The van der Waals surface area contributed by atoms with Gasteiger partial charge in [-0.25, -0.2) is 9.37 Å². The number of anilines is 2. The number of halogens is 2. The highest BCUT2D eigenvalue weighted by Gasteiger charge is 2.52. The number of nitrogens with two attached hydrogens (primary N) is 2. The molecule has 0 aromatic carbocycles. The minimum Gasteiger partial charge on any atom is -0.382 e. The first kappa shape index (κ1) is 18.9. The summed E-state index contributed by atoms with van der Waals surface area (Å²) in [7, 11) is 0. The van der Waals surface area contributed by atoms with E-state index in [9.17, 15) is 0 Å². The van der Waals surface area contributed by atoms with Crippen LogP contribution in [0.15, 0.2) is 18.3 Å². The quantitative estimate of drug-likeness (QED) is 0.811. The normalized spacial score (nSPS) is 28.5. The molecule has 0 saturated carbocycles. The second-order valence-corrected chi connectivity index (χ2v) is 7.69. The molecule has 2 heterocycles. The second kappa shape index (κ2) is 6.84. The zero-order chi connectivity index (χ0) is 18.1. The van der Waals surface area contributed by atoms with Gasteiger partial charge in [0.25, 0.3) is 0 Å². The lowest BCUT2D eigenvalue weighted by Crippen LogP contribution is -2.60. The lowest BCUT2D eigenvalue weighted by atomic mass is 9.64. The Morgan fingerprint density at radius 2 is 2.17 bits per heavy atom. The van der Waals surface area contributed by atoms with Gasteiger partial charge in [-0.15, -0.1) is 0 Å². The maximum Gasteiger partial charge on any atom is 0.227 e. The molecule has 1 aliphatic heterocycles. The van der Waals surface area contributed by atoms with E-state index >= 15 is 4.39 Å². The molecule has 3 unspecified atom stereocenters. The Morgan fingerprint density at radius 1 is 1.50 bits per heavy atom. The van der Waals surface area contributed by atoms with Crippen molar-refractivity contribution in [3.05, 3.63) is 23.4 Å². The summed E-state index contributed by atoms with van der Waals surface area (Å²) in [5, 5.41) is 0.316. The molecule has 1 saturated heterocycles. The largest absolute Gasteiger partial charge is 0.382 e. The van der Waals surface area contributed by atoms with Crippen molar-refractivity contribution in [2.24, 2.45) is 23.0 Å². The van der Waals surface area contributed by atoms with Gasteiger partial charge in [-0.2, -0.15) is 4.98 Å². The molecule has 7 heteroatoms. The van der Waals surface area contributed by atoms with Crippen molar-refractivity contribution in [2.45, 2.75) is 33.4 Å². The first-order chi connectivity index (χ1) is 11.2. The number of aromatic nitrogens is 2.